The summed E-state index contributed by atoms with van der Waals surface area (Å²) in [6, 6.07) is 75.4. The summed E-state index contributed by atoms with van der Waals surface area (Å²) in [5, 5.41) is 11.8. The fraction of sp³-hybridized carbons (Fsp3) is 0. The average molecular weight is 842 g/mol. The lowest BCUT2D eigenvalue weighted by atomic mass is 9.94. The SMILES string of the molecule is O=c1c2ccccc2c2cc(-c3cccc4oc5ccc(-n6c7ccccc7c7c6ccc6c8ccccc8n(-c8ccccc8)c67)cc5c34)cc3c4cc(-c5ccccc5)ccc4n1c23. The maximum atomic E-state index is 14.4. The Hall–Kier alpha value is -8.93. The van der Waals surface area contributed by atoms with E-state index in [1.165, 1.54) is 32.6 Å². The lowest BCUT2D eigenvalue weighted by molar-refractivity contribution is 0.669. The van der Waals surface area contributed by atoms with Gasteiger partial charge in [-0.15, -0.1) is 0 Å². The zero-order valence-corrected chi connectivity index (χ0v) is 35.4. The third-order valence-corrected chi connectivity index (χ3v) is 14.2. The van der Waals surface area contributed by atoms with Crippen molar-refractivity contribution in [3.05, 3.63) is 223 Å². The maximum absolute atomic E-state index is 14.4. The van der Waals surface area contributed by atoms with E-state index in [1.54, 1.807) is 0 Å². The highest BCUT2D eigenvalue weighted by molar-refractivity contribution is 6.27. The number of nitrogens with zero attached hydrogens (tertiary/aromatic N) is 3. The summed E-state index contributed by atoms with van der Waals surface area (Å²) in [4.78, 5) is 14.4. The van der Waals surface area contributed by atoms with Gasteiger partial charge in [0, 0.05) is 65.2 Å². The van der Waals surface area contributed by atoms with Crippen molar-refractivity contribution in [1.82, 2.24) is 13.5 Å². The first-order valence-corrected chi connectivity index (χ1v) is 22.5. The molecule has 0 radical (unpaired) electrons. The van der Waals surface area contributed by atoms with E-state index in [0.717, 1.165) is 99.2 Å². The summed E-state index contributed by atoms with van der Waals surface area (Å²) in [5.41, 5.74) is 14.8. The predicted molar refractivity (Wildman–Crippen MR) is 274 cm³/mol. The summed E-state index contributed by atoms with van der Waals surface area (Å²) in [7, 11) is 0. The van der Waals surface area contributed by atoms with Crippen LogP contribution in [0.15, 0.2) is 222 Å². The Morgan fingerprint density at radius 3 is 1.80 bits per heavy atom. The minimum atomic E-state index is 0.00102. The molecule has 0 N–H and O–H groups in total. The predicted octanol–water partition coefficient (Wildman–Crippen LogP) is 15.6. The third-order valence-electron chi connectivity index (χ3n) is 14.2. The van der Waals surface area contributed by atoms with Crippen molar-refractivity contribution in [2.24, 2.45) is 0 Å². The Morgan fingerprint density at radius 1 is 0.318 bits per heavy atom. The number of benzene rings is 10. The van der Waals surface area contributed by atoms with Gasteiger partial charge in [-0.1, -0.05) is 127 Å². The molecule has 0 aliphatic rings. The van der Waals surface area contributed by atoms with Gasteiger partial charge in [-0.3, -0.25) is 9.20 Å². The first kappa shape index (κ1) is 35.5. The number of furan rings is 1. The minimum Gasteiger partial charge on any atom is -0.456 e. The van der Waals surface area contributed by atoms with Crippen LogP contribution < -0.4 is 5.56 Å². The van der Waals surface area contributed by atoms with Crippen molar-refractivity contribution in [2.75, 3.05) is 0 Å². The Bertz CT molecular complexity index is 4590. The topological polar surface area (TPSA) is 44.5 Å². The molecule has 0 fully saturated rings. The number of pyridine rings is 1. The van der Waals surface area contributed by atoms with E-state index in [9.17, 15) is 4.79 Å². The second kappa shape index (κ2) is 13.1. The molecular formula is C61H35N3O2. The van der Waals surface area contributed by atoms with E-state index in [-0.39, 0.29) is 5.56 Å². The van der Waals surface area contributed by atoms with Crippen molar-refractivity contribution in [3.63, 3.8) is 0 Å². The van der Waals surface area contributed by atoms with Crippen LogP contribution in [0.4, 0.5) is 0 Å². The molecular weight excluding hydrogens is 807 g/mol. The van der Waals surface area contributed by atoms with Crippen LogP contribution in [-0.2, 0) is 0 Å². The quantitative estimate of drug-likeness (QED) is 0.166. The number of hydrogen-bond donors (Lipinski definition) is 0. The molecule has 5 heterocycles. The van der Waals surface area contributed by atoms with Gasteiger partial charge in [0.05, 0.1) is 33.1 Å². The Labute approximate surface area is 376 Å². The number of aromatic nitrogens is 3. The highest BCUT2D eigenvalue weighted by Crippen LogP contribution is 2.45. The van der Waals surface area contributed by atoms with Crippen molar-refractivity contribution < 1.29 is 4.42 Å². The van der Waals surface area contributed by atoms with Crippen LogP contribution in [0.3, 0.4) is 0 Å². The molecule has 0 bridgehead atoms. The Kier molecular flexibility index (Phi) is 7.03. The van der Waals surface area contributed by atoms with Gasteiger partial charge in [0.15, 0.2) is 0 Å². The maximum Gasteiger partial charge on any atom is 0.263 e. The van der Waals surface area contributed by atoms with E-state index >= 15 is 0 Å². The average Bonchev–Trinajstić information content (AvgIpc) is 4.12. The van der Waals surface area contributed by atoms with Gasteiger partial charge in [-0.2, -0.15) is 0 Å². The number of rotatable bonds is 4. The van der Waals surface area contributed by atoms with Crippen LogP contribution in [0, 0.1) is 0 Å². The first-order chi connectivity index (χ1) is 32.7. The van der Waals surface area contributed by atoms with Crippen LogP contribution in [0.1, 0.15) is 0 Å². The van der Waals surface area contributed by atoms with Crippen LogP contribution in [0.2, 0.25) is 0 Å². The molecule has 10 aromatic carbocycles. The van der Waals surface area contributed by atoms with Crippen molar-refractivity contribution in [1.29, 1.82) is 0 Å². The molecule has 5 nitrogen and oxygen atoms in total. The van der Waals surface area contributed by atoms with Gasteiger partial charge in [0.25, 0.3) is 5.56 Å². The highest BCUT2D eigenvalue weighted by Gasteiger charge is 2.24. The van der Waals surface area contributed by atoms with Crippen LogP contribution in [-0.4, -0.2) is 13.5 Å². The van der Waals surface area contributed by atoms with Crippen molar-refractivity contribution in [3.8, 4) is 33.6 Å². The van der Waals surface area contributed by atoms with E-state index < -0.39 is 0 Å². The molecule has 5 aromatic heterocycles. The molecule has 0 amide bonds. The fourth-order valence-corrected chi connectivity index (χ4v) is 11.4. The lowest BCUT2D eigenvalue weighted by Crippen LogP contribution is -2.12. The molecule has 0 atom stereocenters. The van der Waals surface area contributed by atoms with E-state index in [1.807, 2.05) is 28.7 Å². The Balaban J connectivity index is 1.01. The first-order valence-electron chi connectivity index (χ1n) is 22.5. The number of hydrogen-bond acceptors (Lipinski definition) is 2. The van der Waals surface area contributed by atoms with Gasteiger partial charge in [0.2, 0.25) is 0 Å². The molecule has 15 rings (SSSR count). The largest absolute Gasteiger partial charge is 0.456 e. The molecule has 0 saturated carbocycles. The number of para-hydroxylation sites is 3. The van der Waals surface area contributed by atoms with Crippen LogP contribution in [0.25, 0.3) is 137 Å². The minimum absolute atomic E-state index is 0.00102. The second-order valence-electron chi connectivity index (χ2n) is 17.6. The fourth-order valence-electron chi connectivity index (χ4n) is 11.4. The summed E-state index contributed by atoms with van der Waals surface area (Å²) in [6.45, 7) is 0. The van der Waals surface area contributed by atoms with E-state index in [4.69, 9.17) is 4.42 Å². The zero-order chi connectivity index (χ0) is 43.2. The lowest BCUT2D eigenvalue weighted by Gasteiger charge is -2.11. The van der Waals surface area contributed by atoms with Crippen LogP contribution in [0.5, 0.6) is 0 Å². The van der Waals surface area contributed by atoms with E-state index in [0.29, 0.717) is 5.39 Å². The highest BCUT2D eigenvalue weighted by atomic mass is 16.3. The van der Waals surface area contributed by atoms with Gasteiger partial charge in [0.1, 0.15) is 11.2 Å². The second-order valence-corrected chi connectivity index (χ2v) is 17.6. The normalized spacial score (nSPS) is 12.3. The van der Waals surface area contributed by atoms with E-state index in [2.05, 4.69) is 197 Å². The van der Waals surface area contributed by atoms with Gasteiger partial charge >= 0.3 is 0 Å². The monoisotopic (exact) mass is 841 g/mol. The van der Waals surface area contributed by atoms with Crippen molar-refractivity contribution >= 4 is 104 Å². The summed E-state index contributed by atoms with van der Waals surface area (Å²) in [5.74, 6) is 0. The molecule has 0 aliphatic carbocycles. The molecule has 0 unspecified atom stereocenters. The molecule has 0 saturated heterocycles. The van der Waals surface area contributed by atoms with Gasteiger partial charge in [-0.05, 0) is 113 Å². The standard InChI is InChI=1S/C61H35N3O2/c65-61-45-20-8-7-18-42(45)48-33-38(34-49-47-32-37(36-14-3-1-4-15-36)26-29-53(47)64(61)59(48)49)41-22-13-25-56-57(41)50-35-40(27-31-55(50)66-56)62-52-24-12-10-21-46(52)58-54(62)30-28-44-43-19-9-11-23-51(43)63(60(44)58)39-16-5-2-6-17-39/h1-35H. The van der Waals surface area contributed by atoms with Crippen molar-refractivity contribution in [2.45, 2.75) is 0 Å². The zero-order valence-electron chi connectivity index (χ0n) is 35.4. The van der Waals surface area contributed by atoms with Gasteiger partial charge < -0.3 is 13.6 Å². The molecule has 5 heteroatoms. The molecule has 0 aliphatic heterocycles. The molecule has 306 valence electrons. The molecule has 66 heavy (non-hydrogen) atoms. The molecule has 15 aromatic rings. The smallest absolute Gasteiger partial charge is 0.263 e. The third kappa shape index (κ3) is 4.70. The van der Waals surface area contributed by atoms with Gasteiger partial charge in [-0.25, -0.2) is 0 Å². The number of fused-ring (bicyclic) bond motifs is 15. The summed E-state index contributed by atoms with van der Waals surface area (Å²) < 4.78 is 13.5. The summed E-state index contributed by atoms with van der Waals surface area (Å²) >= 11 is 0. The molecule has 0 spiro atoms. The summed E-state index contributed by atoms with van der Waals surface area (Å²) in [6.07, 6.45) is 0. The Morgan fingerprint density at radius 2 is 0.985 bits per heavy atom. The van der Waals surface area contributed by atoms with Crippen LogP contribution >= 0.6 is 0 Å².